The van der Waals surface area contributed by atoms with Crippen LogP contribution in [0.4, 0.5) is 18.9 Å². The SMILES string of the molecule is Cc1ccc2c(c1)OCC/C2=C\C(=O)O.Cc1cccc2c1CC(=O)CC2.Cc1cccc2c1C[C@H](O)CC2.Nc1cccc2c1C[C@H](O)CC2.O=C(/C=C1\CCOc2cc(C(F)(F)F)ccc21)Cc1cccc2c1C[C@H](O)CC2. The number of nitrogens with two attached hydrogens (primary N) is 1. The number of carbonyl (C=O) groups is 3. The van der Waals surface area contributed by atoms with E-state index >= 15 is 0 Å². The van der Waals surface area contributed by atoms with E-state index in [1.807, 2.05) is 55.5 Å². The number of benzene rings is 6. The first-order valence-corrected chi connectivity index (χ1v) is 27.7. The number of halogens is 3. The molecule has 6 aliphatic rings. The highest BCUT2D eigenvalue weighted by atomic mass is 19.4. The van der Waals surface area contributed by atoms with E-state index in [0.717, 1.165) is 121 Å². The van der Waals surface area contributed by atoms with Crippen LogP contribution in [0.25, 0.3) is 11.1 Å². The van der Waals surface area contributed by atoms with Gasteiger partial charge in [-0.25, -0.2) is 4.79 Å². The fourth-order valence-corrected chi connectivity index (χ4v) is 11.4. The van der Waals surface area contributed by atoms with Crippen LogP contribution in [0, 0.1) is 20.8 Å². The molecule has 0 fully saturated rings. The fourth-order valence-electron chi connectivity index (χ4n) is 11.4. The van der Waals surface area contributed by atoms with Crippen molar-refractivity contribution in [2.24, 2.45) is 0 Å². The Morgan fingerprint density at radius 2 is 1.09 bits per heavy atom. The van der Waals surface area contributed by atoms with Crippen molar-refractivity contribution in [2.45, 2.75) is 142 Å². The minimum absolute atomic E-state index is 0.110. The van der Waals surface area contributed by atoms with E-state index in [1.165, 1.54) is 62.7 Å². The maximum atomic E-state index is 12.9. The van der Waals surface area contributed by atoms with Crippen LogP contribution < -0.4 is 15.2 Å². The standard InChI is InChI=1S/C23H21F3O3.C12H12O3.C11H14O.C11H12O.C10H13NO/c24-23(25,26)17-5-7-20-16(8-9-29-22(20)12-17)11-19(28)10-15-3-1-2-14-4-6-18(27)13-21(14)15;1-8-2-3-10-9(7-12(13)14)4-5-15-11(10)6-8;2*1-8-3-2-4-9-5-6-10(12)7-11(8)9;11-10-3-1-2-7-4-5-8(12)6-9(7)10/h1-3,5,7,11-12,18,27H,4,6,8-10,13H2;2-3,6-7H,4-5H2,1H3,(H,13,14);2-4,10,12H,5-7H2,1H3;2-4H,5-7H2,1H3;1-3,8,12H,4-6,11H2/b16-11+;9-7+;;;/t18-;;10-;;8-/m1.1.1/s1. The van der Waals surface area contributed by atoms with Crippen molar-refractivity contribution in [3.8, 4) is 11.5 Å². The number of nitrogen functional groups attached to an aromatic ring is 1. The molecule has 2 heterocycles. The molecule has 6 N–H and O–H groups in total. The first-order valence-electron chi connectivity index (χ1n) is 27.7. The smallest absolute Gasteiger partial charge is 0.416 e. The number of aliphatic carboxylic acids is 1. The van der Waals surface area contributed by atoms with Crippen LogP contribution in [-0.4, -0.2) is 69.5 Å². The lowest BCUT2D eigenvalue weighted by Gasteiger charge is -2.23. The molecule has 4 aliphatic carbocycles. The Morgan fingerprint density at radius 1 is 0.588 bits per heavy atom. The van der Waals surface area contributed by atoms with Crippen LogP contribution in [0.2, 0.25) is 0 Å². The van der Waals surface area contributed by atoms with Crippen molar-refractivity contribution in [3.05, 3.63) is 205 Å². The molecule has 80 heavy (non-hydrogen) atoms. The number of anilines is 1. The Morgan fingerprint density at radius 3 is 1.70 bits per heavy atom. The van der Waals surface area contributed by atoms with Crippen LogP contribution in [0.1, 0.15) is 122 Å². The molecule has 13 heteroatoms. The van der Waals surface area contributed by atoms with Gasteiger partial charge >= 0.3 is 12.1 Å². The molecule has 420 valence electrons. The lowest BCUT2D eigenvalue weighted by Crippen LogP contribution is -2.20. The molecule has 0 spiro atoms. The van der Waals surface area contributed by atoms with E-state index in [4.69, 9.17) is 20.3 Å². The molecule has 0 saturated carbocycles. The number of hydrogen-bond donors (Lipinski definition) is 5. The zero-order valence-electron chi connectivity index (χ0n) is 45.8. The molecule has 0 unspecified atom stereocenters. The van der Waals surface area contributed by atoms with Crippen LogP contribution in [0.3, 0.4) is 0 Å². The Bertz CT molecular complexity index is 3220. The summed E-state index contributed by atoms with van der Waals surface area (Å²) in [6.45, 7) is 6.98. The minimum Gasteiger partial charge on any atom is -0.493 e. The summed E-state index contributed by atoms with van der Waals surface area (Å²) in [6, 6.07) is 33.7. The lowest BCUT2D eigenvalue weighted by atomic mass is 9.85. The third-order valence-corrected chi connectivity index (χ3v) is 15.7. The zero-order chi connectivity index (χ0) is 57.1. The molecule has 0 saturated heterocycles. The number of aliphatic hydroxyl groups excluding tert-OH is 3. The summed E-state index contributed by atoms with van der Waals surface area (Å²) >= 11 is 0. The Hall–Kier alpha value is -7.32. The third kappa shape index (κ3) is 15.5. The number of allylic oxidation sites excluding steroid dienone is 1. The zero-order valence-corrected chi connectivity index (χ0v) is 45.8. The van der Waals surface area contributed by atoms with Gasteiger partial charge in [0.1, 0.15) is 17.3 Å². The van der Waals surface area contributed by atoms with Crippen LogP contribution in [-0.2, 0) is 78.3 Å². The number of ether oxygens (including phenoxy) is 2. The van der Waals surface area contributed by atoms with E-state index in [-0.39, 0.29) is 42.9 Å². The Balaban J connectivity index is 0.000000140. The highest BCUT2D eigenvalue weighted by Crippen LogP contribution is 2.39. The van der Waals surface area contributed by atoms with Gasteiger partial charge in [-0.3, -0.25) is 9.59 Å². The van der Waals surface area contributed by atoms with Gasteiger partial charge in [-0.2, -0.15) is 13.2 Å². The van der Waals surface area contributed by atoms with Crippen molar-refractivity contribution in [1.82, 2.24) is 0 Å². The maximum absolute atomic E-state index is 12.9. The number of Topliss-reactive ketones (excluding diaryl/α,β-unsaturated/α-hetero) is 1. The molecule has 0 aromatic heterocycles. The van der Waals surface area contributed by atoms with Gasteiger partial charge in [0.2, 0.25) is 0 Å². The second-order valence-corrected chi connectivity index (χ2v) is 21.6. The summed E-state index contributed by atoms with van der Waals surface area (Å²) in [6.07, 6.45) is 8.75. The van der Waals surface area contributed by atoms with Gasteiger partial charge in [0, 0.05) is 61.4 Å². The van der Waals surface area contributed by atoms with Crippen LogP contribution >= 0.6 is 0 Å². The van der Waals surface area contributed by atoms with Gasteiger partial charge in [-0.15, -0.1) is 0 Å². The third-order valence-electron chi connectivity index (χ3n) is 15.7. The minimum atomic E-state index is -4.44. The monoisotopic (exact) mass is 1090 g/mol. The predicted molar refractivity (Wildman–Crippen MR) is 306 cm³/mol. The molecule has 10 nitrogen and oxygen atoms in total. The molecule has 3 atom stereocenters. The van der Waals surface area contributed by atoms with Crippen molar-refractivity contribution in [3.63, 3.8) is 0 Å². The highest BCUT2D eigenvalue weighted by molar-refractivity contribution is 5.99. The molecule has 0 bridgehead atoms. The summed E-state index contributed by atoms with van der Waals surface area (Å²) in [5, 5.41) is 37.6. The number of aryl methyl sites for hydroxylation is 7. The molecular weight excluding hydrogens is 1020 g/mol. The van der Waals surface area contributed by atoms with Gasteiger partial charge in [0.25, 0.3) is 0 Å². The van der Waals surface area contributed by atoms with E-state index in [1.54, 1.807) is 0 Å². The number of aliphatic hydroxyl groups is 3. The van der Waals surface area contributed by atoms with Crippen molar-refractivity contribution < 1.29 is 57.5 Å². The fraction of sp³-hybridized carbons (Fsp3) is 0.358. The maximum Gasteiger partial charge on any atom is 0.416 e. The Kier molecular flexibility index (Phi) is 19.7. The van der Waals surface area contributed by atoms with Gasteiger partial charge in [0.05, 0.1) is 37.1 Å². The van der Waals surface area contributed by atoms with Crippen LogP contribution in [0.5, 0.6) is 11.5 Å². The normalized spacial score (nSPS) is 19.4. The second kappa shape index (κ2) is 26.8. The first-order chi connectivity index (χ1) is 38.3. The number of hydrogen-bond acceptors (Lipinski definition) is 9. The molecule has 0 amide bonds. The first kappa shape index (κ1) is 58.8. The predicted octanol–water partition coefficient (Wildman–Crippen LogP) is 11.8. The lowest BCUT2D eigenvalue weighted by molar-refractivity contribution is -0.137. The van der Waals surface area contributed by atoms with Crippen molar-refractivity contribution >= 4 is 34.4 Å². The van der Waals surface area contributed by atoms with E-state index in [0.29, 0.717) is 49.2 Å². The van der Waals surface area contributed by atoms with Gasteiger partial charge in [0.15, 0.2) is 5.78 Å². The quantitative estimate of drug-likeness (QED) is 0.0843. The number of ketones is 2. The van der Waals surface area contributed by atoms with Crippen molar-refractivity contribution in [1.29, 1.82) is 0 Å². The largest absolute Gasteiger partial charge is 0.493 e. The second-order valence-electron chi connectivity index (χ2n) is 21.6. The number of alkyl halides is 3. The average molecular weight is 1090 g/mol. The van der Waals surface area contributed by atoms with Crippen LogP contribution in [0.15, 0.2) is 121 Å². The van der Waals surface area contributed by atoms with Gasteiger partial charge < -0.3 is 35.6 Å². The number of fused-ring (bicyclic) bond motifs is 6. The molecule has 12 rings (SSSR count). The van der Waals surface area contributed by atoms with Crippen molar-refractivity contribution in [2.75, 3.05) is 18.9 Å². The molecule has 0 radical (unpaired) electrons. The van der Waals surface area contributed by atoms with Gasteiger partial charge in [-0.1, -0.05) is 84.9 Å². The summed E-state index contributed by atoms with van der Waals surface area (Å²) in [5.41, 5.74) is 23.5. The molecule has 6 aromatic rings. The number of carboxylic acid groups (broad SMARTS) is 1. The molecule has 2 aliphatic heterocycles. The summed E-state index contributed by atoms with van der Waals surface area (Å²) in [4.78, 5) is 34.5. The topological polar surface area (TPSA) is 177 Å². The summed E-state index contributed by atoms with van der Waals surface area (Å²) in [5.74, 6) is 0.315. The summed E-state index contributed by atoms with van der Waals surface area (Å²) in [7, 11) is 0. The average Bonchev–Trinajstić information content (AvgIpc) is 3.42. The van der Waals surface area contributed by atoms with E-state index in [2.05, 4.69) is 56.3 Å². The summed E-state index contributed by atoms with van der Waals surface area (Å²) < 4.78 is 49.7. The highest BCUT2D eigenvalue weighted by Gasteiger charge is 2.32. The number of carboxylic acids is 1. The number of rotatable bonds is 4. The molecular formula is C67H72F3NO9. The van der Waals surface area contributed by atoms with E-state index in [9.17, 15) is 42.9 Å². The number of carbonyl (C=O) groups excluding carboxylic acids is 2. The van der Waals surface area contributed by atoms with Gasteiger partial charge in [-0.05, 0) is 187 Å². The Labute approximate surface area is 466 Å². The molecule has 6 aromatic carbocycles. The van der Waals surface area contributed by atoms with E-state index < -0.39 is 17.7 Å².